The summed E-state index contributed by atoms with van der Waals surface area (Å²) in [6, 6.07) is 19.6. The Kier molecular flexibility index (Phi) is 7.17. The molecule has 0 saturated heterocycles. The van der Waals surface area contributed by atoms with E-state index < -0.39 is 28.1 Å². The van der Waals surface area contributed by atoms with Gasteiger partial charge >= 0.3 is 5.97 Å². The van der Waals surface area contributed by atoms with Crippen LogP contribution in [0.4, 0.5) is 0 Å². The third-order valence-electron chi connectivity index (χ3n) is 6.41. The summed E-state index contributed by atoms with van der Waals surface area (Å²) in [4.78, 5) is 12.4. The quantitative estimate of drug-likeness (QED) is 0.403. The van der Waals surface area contributed by atoms with E-state index in [0.29, 0.717) is 16.5 Å². The van der Waals surface area contributed by atoms with Crippen LogP contribution in [0.3, 0.4) is 0 Å². The van der Waals surface area contributed by atoms with Gasteiger partial charge in [-0.05, 0) is 60.2 Å². The summed E-state index contributed by atoms with van der Waals surface area (Å²) < 4.78 is 29.7. The van der Waals surface area contributed by atoms with E-state index in [0.717, 1.165) is 16.7 Å². The van der Waals surface area contributed by atoms with Crippen LogP contribution in [0.15, 0.2) is 89.3 Å². The van der Waals surface area contributed by atoms with E-state index in [1.54, 1.807) is 54.6 Å². The maximum absolute atomic E-state index is 14.2. The number of carboxylic acids is 1. The molecule has 3 aromatic carbocycles. The maximum atomic E-state index is 14.2. The zero-order valence-corrected chi connectivity index (χ0v) is 21.4. The molecule has 1 N–H and O–H groups in total. The number of hydrogen-bond donors (Lipinski definition) is 1. The van der Waals surface area contributed by atoms with Crippen LogP contribution in [-0.2, 0) is 14.8 Å². The fourth-order valence-electron chi connectivity index (χ4n) is 4.50. The number of hydrogen-bond acceptors (Lipinski definition) is 3. The van der Waals surface area contributed by atoms with Gasteiger partial charge in [-0.1, -0.05) is 85.6 Å². The number of halogens is 1. The zero-order chi connectivity index (χ0) is 25.3. The Bertz CT molecular complexity index is 1360. The first-order valence-electron chi connectivity index (χ1n) is 11.5. The van der Waals surface area contributed by atoms with Crippen molar-refractivity contribution in [1.82, 2.24) is 4.31 Å². The lowest BCUT2D eigenvalue weighted by atomic mass is 9.88. The van der Waals surface area contributed by atoms with Crippen molar-refractivity contribution < 1.29 is 18.3 Å². The van der Waals surface area contributed by atoms with Gasteiger partial charge < -0.3 is 5.11 Å². The first-order chi connectivity index (χ1) is 16.6. The summed E-state index contributed by atoms with van der Waals surface area (Å²) in [5.41, 5.74) is 3.40. The van der Waals surface area contributed by atoms with Gasteiger partial charge in [-0.2, -0.15) is 4.31 Å². The molecule has 182 valence electrons. The van der Waals surface area contributed by atoms with Crippen LogP contribution in [-0.4, -0.2) is 23.8 Å². The minimum Gasteiger partial charge on any atom is -0.478 e. The molecule has 0 fully saturated rings. The molecule has 7 heteroatoms. The highest BCUT2D eigenvalue weighted by atomic mass is 35.5. The molecule has 0 spiro atoms. The third kappa shape index (κ3) is 5.06. The van der Waals surface area contributed by atoms with Crippen molar-refractivity contribution in [1.29, 1.82) is 0 Å². The summed E-state index contributed by atoms with van der Waals surface area (Å²) >= 11 is 6.25. The Balaban J connectivity index is 1.95. The van der Waals surface area contributed by atoms with Gasteiger partial charge in [-0.3, -0.25) is 0 Å². The number of sulfonamides is 1. The Hall–Kier alpha value is -2.93. The van der Waals surface area contributed by atoms with Crippen molar-refractivity contribution >= 4 is 27.6 Å². The first-order valence-corrected chi connectivity index (χ1v) is 13.3. The number of carbonyl (C=O) groups is 1. The molecule has 0 aromatic heterocycles. The molecular weight excluding hydrogens is 482 g/mol. The number of aryl methyl sites for hydroxylation is 1. The Morgan fingerprint density at radius 2 is 1.66 bits per heavy atom. The number of aliphatic carboxylic acids is 1. The Morgan fingerprint density at radius 3 is 2.23 bits per heavy atom. The first kappa shape index (κ1) is 25.2. The second-order valence-corrected chi connectivity index (χ2v) is 11.4. The van der Waals surface area contributed by atoms with Crippen molar-refractivity contribution in [2.45, 2.75) is 50.1 Å². The molecule has 0 aliphatic carbocycles. The second kappa shape index (κ2) is 9.97. The molecule has 35 heavy (non-hydrogen) atoms. The standard InChI is InChI=1S/C28H28ClNO4S/c1-18(2)20-9-11-21(12-10-20)26-16-15-25(28(31)32)27(22-5-4-6-23(29)17-22)30(26)35(33,34)24-13-7-19(3)8-14-24/h4-15,17-18,26-27H,16H2,1-3H3,(H,31,32). The summed E-state index contributed by atoms with van der Waals surface area (Å²) in [5, 5.41) is 10.5. The van der Waals surface area contributed by atoms with Crippen LogP contribution in [0.1, 0.15) is 60.5 Å². The largest absolute Gasteiger partial charge is 0.478 e. The second-order valence-electron chi connectivity index (χ2n) is 9.14. The van der Waals surface area contributed by atoms with Crippen LogP contribution in [0.2, 0.25) is 5.02 Å². The highest BCUT2D eigenvalue weighted by Gasteiger charge is 2.44. The van der Waals surface area contributed by atoms with Crippen molar-refractivity contribution in [2.75, 3.05) is 0 Å². The van der Waals surface area contributed by atoms with Crippen molar-refractivity contribution in [3.63, 3.8) is 0 Å². The average molecular weight is 510 g/mol. The molecule has 1 aliphatic rings. The predicted octanol–water partition coefficient (Wildman–Crippen LogP) is 6.66. The van der Waals surface area contributed by atoms with Gasteiger partial charge in [0.15, 0.2) is 0 Å². The molecule has 0 saturated carbocycles. The third-order valence-corrected chi connectivity index (χ3v) is 8.54. The van der Waals surface area contributed by atoms with Gasteiger partial charge in [-0.25, -0.2) is 13.2 Å². The summed E-state index contributed by atoms with van der Waals surface area (Å²) in [6.07, 6.45) is 1.88. The van der Waals surface area contributed by atoms with Gasteiger partial charge in [0.1, 0.15) is 0 Å². The van der Waals surface area contributed by atoms with E-state index in [4.69, 9.17) is 11.6 Å². The van der Waals surface area contributed by atoms with E-state index in [1.165, 1.54) is 4.31 Å². The molecule has 5 nitrogen and oxygen atoms in total. The fourth-order valence-corrected chi connectivity index (χ4v) is 6.48. The van der Waals surface area contributed by atoms with Gasteiger partial charge in [-0.15, -0.1) is 0 Å². The van der Waals surface area contributed by atoms with E-state index in [2.05, 4.69) is 13.8 Å². The molecule has 2 unspecified atom stereocenters. The molecule has 1 heterocycles. The van der Waals surface area contributed by atoms with Gasteiger partial charge in [0.25, 0.3) is 0 Å². The highest BCUT2D eigenvalue weighted by molar-refractivity contribution is 7.89. The van der Waals surface area contributed by atoms with E-state index in [1.807, 2.05) is 31.2 Å². The lowest BCUT2D eigenvalue weighted by Crippen LogP contribution is -2.42. The normalized spacial score (nSPS) is 18.9. The highest BCUT2D eigenvalue weighted by Crippen LogP contribution is 2.46. The van der Waals surface area contributed by atoms with Crippen molar-refractivity contribution in [2.24, 2.45) is 0 Å². The lowest BCUT2D eigenvalue weighted by molar-refractivity contribution is -0.133. The molecule has 1 aliphatic heterocycles. The molecule has 0 bridgehead atoms. The van der Waals surface area contributed by atoms with Crippen LogP contribution in [0.25, 0.3) is 0 Å². The molecule has 0 radical (unpaired) electrons. The van der Waals surface area contributed by atoms with Crippen molar-refractivity contribution in [3.8, 4) is 0 Å². The molecular formula is C28H28ClNO4S. The van der Waals surface area contributed by atoms with Crippen LogP contribution < -0.4 is 0 Å². The van der Waals surface area contributed by atoms with Crippen molar-refractivity contribution in [3.05, 3.63) is 112 Å². The summed E-state index contributed by atoms with van der Waals surface area (Å²) in [5.74, 6) is -0.826. The number of nitrogens with zero attached hydrogens (tertiary/aromatic N) is 1. The number of carboxylic acid groups (broad SMARTS) is 1. The van der Waals surface area contributed by atoms with Crippen LogP contribution in [0.5, 0.6) is 0 Å². The van der Waals surface area contributed by atoms with Crippen LogP contribution >= 0.6 is 11.6 Å². The smallest absolute Gasteiger partial charge is 0.333 e. The Morgan fingerprint density at radius 1 is 1.00 bits per heavy atom. The van der Waals surface area contributed by atoms with Gasteiger partial charge in [0.2, 0.25) is 10.0 Å². The lowest BCUT2D eigenvalue weighted by Gasteiger charge is -2.40. The minimum atomic E-state index is -4.09. The topological polar surface area (TPSA) is 74.7 Å². The SMILES string of the molecule is Cc1ccc(S(=O)(=O)N2C(c3ccc(C(C)C)cc3)CC=C(C(=O)O)C2c2cccc(Cl)c2)cc1. The summed E-state index contributed by atoms with van der Waals surface area (Å²) in [7, 11) is -4.09. The fraction of sp³-hybridized carbons (Fsp3) is 0.250. The zero-order valence-electron chi connectivity index (χ0n) is 19.9. The monoisotopic (exact) mass is 509 g/mol. The van der Waals surface area contributed by atoms with Gasteiger partial charge in [0.05, 0.1) is 22.6 Å². The van der Waals surface area contributed by atoms with Gasteiger partial charge in [0, 0.05) is 5.02 Å². The predicted molar refractivity (Wildman–Crippen MR) is 138 cm³/mol. The maximum Gasteiger partial charge on any atom is 0.333 e. The average Bonchev–Trinajstić information content (AvgIpc) is 2.83. The van der Waals surface area contributed by atoms with E-state index >= 15 is 0 Å². The summed E-state index contributed by atoms with van der Waals surface area (Å²) in [6.45, 7) is 6.08. The molecule has 3 aromatic rings. The molecule has 0 amide bonds. The minimum absolute atomic E-state index is 0.0120. The van der Waals surface area contributed by atoms with Crippen LogP contribution in [0, 0.1) is 6.92 Å². The Labute approximate surface area is 211 Å². The molecule has 2 atom stereocenters. The van der Waals surface area contributed by atoms with E-state index in [-0.39, 0.29) is 16.9 Å². The van der Waals surface area contributed by atoms with E-state index in [9.17, 15) is 18.3 Å². The number of rotatable bonds is 6. The molecule has 4 rings (SSSR count). The number of benzene rings is 3.